The molecule has 1 amide bonds. The minimum atomic E-state index is -0.0701. The van der Waals surface area contributed by atoms with Crippen LogP contribution in [0.1, 0.15) is 44.6 Å². The molecular formula is C17H26N2O2. The van der Waals surface area contributed by atoms with Gasteiger partial charge in [0.05, 0.1) is 6.61 Å². The predicted octanol–water partition coefficient (Wildman–Crippen LogP) is 2.42. The van der Waals surface area contributed by atoms with Gasteiger partial charge in [-0.3, -0.25) is 9.78 Å². The molecule has 2 rings (SSSR count). The molecule has 4 heteroatoms. The van der Waals surface area contributed by atoms with Gasteiger partial charge in [-0.2, -0.15) is 0 Å². The van der Waals surface area contributed by atoms with Crippen LogP contribution in [0.3, 0.4) is 0 Å². The van der Waals surface area contributed by atoms with Crippen LogP contribution in [0.5, 0.6) is 0 Å². The number of hydrogen-bond acceptors (Lipinski definition) is 3. The highest BCUT2D eigenvalue weighted by molar-refractivity contribution is 5.76. The molecule has 1 fully saturated rings. The number of aliphatic hydroxyl groups is 1. The first-order valence-electron chi connectivity index (χ1n) is 7.97. The Kier molecular flexibility index (Phi) is 5.74. The van der Waals surface area contributed by atoms with Gasteiger partial charge in [0.15, 0.2) is 0 Å². The molecule has 1 atom stereocenters. The average molecular weight is 290 g/mol. The molecule has 1 aliphatic rings. The predicted molar refractivity (Wildman–Crippen MR) is 82.8 cm³/mol. The lowest BCUT2D eigenvalue weighted by atomic mass is 9.77. The van der Waals surface area contributed by atoms with Crippen molar-refractivity contribution < 1.29 is 9.90 Å². The second kappa shape index (κ2) is 7.55. The molecule has 1 aliphatic heterocycles. The summed E-state index contributed by atoms with van der Waals surface area (Å²) in [7, 11) is 0. The van der Waals surface area contributed by atoms with Crippen molar-refractivity contribution in [2.75, 3.05) is 19.7 Å². The van der Waals surface area contributed by atoms with E-state index in [-0.39, 0.29) is 17.9 Å². The van der Waals surface area contributed by atoms with Crippen LogP contribution in [0.15, 0.2) is 24.5 Å². The summed E-state index contributed by atoms with van der Waals surface area (Å²) in [6.07, 6.45) is 8.91. The van der Waals surface area contributed by atoms with Crippen molar-refractivity contribution in [3.63, 3.8) is 0 Å². The molecule has 0 bridgehead atoms. The van der Waals surface area contributed by atoms with E-state index in [4.69, 9.17) is 0 Å². The first-order chi connectivity index (χ1) is 10.2. The van der Waals surface area contributed by atoms with Gasteiger partial charge >= 0.3 is 0 Å². The second-order valence-electron chi connectivity index (χ2n) is 6.18. The maximum Gasteiger partial charge on any atom is 0.222 e. The van der Waals surface area contributed by atoms with Crippen LogP contribution in [0.4, 0.5) is 0 Å². The van der Waals surface area contributed by atoms with Gasteiger partial charge in [0.2, 0.25) is 5.91 Å². The van der Waals surface area contributed by atoms with Crippen molar-refractivity contribution >= 4 is 5.91 Å². The SMILES string of the molecule is CCC[C@]1(CO)CCCN(C(=O)CCc2ccncc2)C1. The third kappa shape index (κ3) is 4.27. The van der Waals surface area contributed by atoms with Gasteiger partial charge in [0, 0.05) is 37.3 Å². The maximum absolute atomic E-state index is 12.4. The average Bonchev–Trinajstić information content (AvgIpc) is 2.54. The summed E-state index contributed by atoms with van der Waals surface area (Å²) < 4.78 is 0. The summed E-state index contributed by atoms with van der Waals surface area (Å²) in [5.41, 5.74) is 1.08. The first kappa shape index (κ1) is 16.0. The summed E-state index contributed by atoms with van der Waals surface area (Å²) in [6.45, 7) is 3.88. The number of aliphatic hydroxyl groups excluding tert-OH is 1. The zero-order chi connectivity index (χ0) is 15.1. The van der Waals surface area contributed by atoms with Gasteiger partial charge in [0.1, 0.15) is 0 Å². The second-order valence-corrected chi connectivity index (χ2v) is 6.18. The van der Waals surface area contributed by atoms with E-state index >= 15 is 0 Å². The van der Waals surface area contributed by atoms with E-state index in [1.807, 2.05) is 17.0 Å². The number of hydrogen-bond donors (Lipinski definition) is 1. The number of pyridine rings is 1. The minimum Gasteiger partial charge on any atom is -0.396 e. The Labute approximate surface area is 127 Å². The molecule has 0 unspecified atom stereocenters. The molecule has 2 heterocycles. The van der Waals surface area contributed by atoms with Gasteiger partial charge < -0.3 is 10.0 Å². The van der Waals surface area contributed by atoms with Gasteiger partial charge in [0.25, 0.3) is 0 Å². The molecule has 21 heavy (non-hydrogen) atoms. The van der Waals surface area contributed by atoms with Crippen LogP contribution in [0, 0.1) is 5.41 Å². The summed E-state index contributed by atoms with van der Waals surface area (Å²) in [5, 5.41) is 9.74. The van der Waals surface area contributed by atoms with Gasteiger partial charge in [-0.05, 0) is 43.4 Å². The fraction of sp³-hybridized carbons (Fsp3) is 0.647. The topological polar surface area (TPSA) is 53.4 Å². The van der Waals surface area contributed by atoms with E-state index in [1.165, 1.54) is 0 Å². The Hall–Kier alpha value is -1.42. The fourth-order valence-electron chi connectivity index (χ4n) is 3.32. The Morgan fingerprint density at radius 1 is 1.43 bits per heavy atom. The lowest BCUT2D eigenvalue weighted by Crippen LogP contribution is -2.47. The number of amides is 1. The zero-order valence-corrected chi connectivity index (χ0v) is 12.9. The number of piperidine rings is 1. The van der Waals surface area contributed by atoms with Crippen LogP contribution in [-0.2, 0) is 11.2 Å². The van der Waals surface area contributed by atoms with Crippen LogP contribution >= 0.6 is 0 Å². The highest BCUT2D eigenvalue weighted by atomic mass is 16.3. The third-order valence-electron chi connectivity index (χ3n) is 4.51. The molecule has 116 valence electrons. The van der Waals surface area contributed by atoms with Crippen LogP contribution in [0.25, 0.3) is 0 Å². The molecule has 1 aromatic rings. The van der Waals surface area contributed by atoms with E-state index in [0.717, 1.165) is 44.2 Å². The minimum absolute atomic E-state index is 0.0701. The van der Waals surface area contributed by atoms with Crippen LogP contribution in [-0.4, -0.2) is 40.6 Å². The highest BCUT2D eigenvalue weighted by Crippen LogP contribution is 2.34. The first-order valence-corrected chi connectivity index (χ1v) is 7.97. The lowest BCUT2D eigenvalue weighted by Gasteiger charge is -2.42. The molecule has 0 radical (unpaired) electrons. The maximum atomic E-state index is 12.4. The largest absolute Gasteiger partial charge is 0.396 e. The third-order valence-corrected chi connectivity index (χ3v) is 4.51. The van der Waals surface area contributed by atoms with Crippen molar-refractivity contribution in [1.82, 2.24) is 9.88 Å². The molecule has 0 saturated carbocycles. The quantitative estimate of drug-likeness (QED) is 0.875. The van der Waals surface area contributed by atoms with Crippen molar-refractivity contribution in [2.45, 2.75) is 45.4 Å². The summed E-state index contributed by atoms with van der Waals surface area (Å²) >= 11 is 0. The number of likely N-dealkylation sites (tertiary alicyclic amines) is 1. The Bertz CT molecular complexity index is 445. The molecule has 1 saturated heterocycles. The van der Waals surface area contributed by atoms with E-state index in [2.05, 4.69) is 11.9 Å². The zero-order valence-electron chi connectivity index (χ0n) is 12.9. The number of nitrogens with zero attached hydrogens (tertiary/aromatic N) is 2. The van der Waals surface area contributed by atoms with E-state index in [0.29, 0.717) is 13.0 Å². The van der Waals surface area contributed by atoms with Gasteiger partial charge in [-0.1, -0.05) is 13.3 Å². The van der Waals surface area contributed by atoms with Gasteiger partial charge in [-0.15, -0.1) is 0 Å². The van der Waals surface area contributed by atoms with Crippen molar-refractivity contribution in [3.8, 4) is 0 Å². The van der Waals surface area contributed by atoms with Crippen molar-refractivity contribution in [1.29, 1.82) is 0 Å². The number of rotatable bonds is 6. The summed E-state index contributed by atoms with van der Waals surface area (Å²) in [5.74, 6) is 0.209. The monoisotopic (exact) mass is 290 g/mol. The number of carbonyl (C=O) groups is 1. The van der Waals surface area contributed by atoms with E-state index < -0.39 is 0 Å². The van der Waals surface area contributed by atoms with E-state index in [1.54, 1.807) is 12.4 Å². The van der Waals surface area contributed by atoms with Crippen LogP contribution in [0.2, 0.25) is 0 Å². The standard InChI is InChI=1S/C17H26N2O2/c1-2-8-17(14-20)9-3-12-19(13-17)16(21)5-4-15-6-10-18-11-7-15/h6-7,10-11,20H,2-5,8-9,12-14H2,1H3/t17-/m0/s1. The fourth-order valence-corrected chi connectivity index (χ4v) is 3.32. The number of aryl methyl sites for hydroxylation is 1. The van der Waals surface area contributed by atoms with Crippen molar-refractivity contribution in [2.24, 2.45) is 5.41 Å². The molecule has 0 aliphatic carbocycles. The molecule has 0 spiro atoms. The van der Waals surface area contributed by atoms with Crippen LogP contribution < -0.4 is 0 Å². The summed E-state index contributed by atoms with van der Waals surface area (Å²) in [6, 6.07) is 3.91. The molecule has 1 N–H and O–H groups in total. The number of aromatic nitrogens is 1. The smallest absolute Gasteiger partial charge is 0.222 e. The van der Waals surface area contributed by atoms with E-state index in [9.17, 15) is 9.90 Å². The molecule has 4 nitrogen and oxygen atoms in total. The highest BCUT2D eigenvalue weighted by Gasteiger charge is 2.35. The lowest BCUT2D eigenvalue weighted by molar-refractivity contribution is -0.135. The normalized spacial score (nSPS) is 22.3. The molecular weight excluding hydrogens is 264 g/mol. The summed E-state index contributed by atoms with van der Waals surface area (Å²) in [4.78, 5) is 18.4. The Morgan fingerprint density at radius 2 is 2.19 bits per heavy atom. The van der Waals surface area contributed by atoms with Crippen molar-refractivity contribution in [3.05, 3.63) is 30.1 Å². The van der Waals surface area contributed by atoms with Gasteiger partial charge in [-0.25, -0.2) is 0 Å². The Balaban J connectivity index is 1.90. The molecule has 1 aromatic heterocycles. The molecule has 0 aromatic carbocycles. The number of carbonyl (C=O) groups excluding carboxylic acids is 1. The Morgan fingerprint density at radius 3 is 2.86 bits per heavy atom.